The van der Waals surface area contributed by atoms with Gasteiger partial charge in [0.1, 0.15) is 17.4 Å². The summed E-state index contributed by atoms with van der Waals surface area (Å²) in [7, 11) is 1.68. The first-order chi connectivity index (χ1) is 16.2. The number of rotatable bonds is 5. The van der Waals surface area contributed by atoms with Gasteiger partial charge in [-0.2, -0.15) is 0 Å². The minimum atomic E-state index is -0.758. The first-order valence-corrected chi connectivity index (χ1v) is 12.3. The van der Waals surface area contributed by atoms with Crippen LogP contribution >= 0.6 is 0 Å². The van der Waals surface area contributed by atoms with E-state index in [4.69, 9.17) is 9.47 Å². The van der Waals surface area contributed by atoms with Gasteiger partial charge in [-0.15, -0.1) is 0 Å². The quantitative estimate of drug-likeness (QED) is 0.669. The van der Waals surface area contributed by atoms with E-state index < -0.39 is 17.6 Å². The van der Waals surface area contributed by atoms with Crippen LogP contribution < -0.4 is 4.74 Å². The lowest BCUT2D eigenvalue weighted by molar-refractivity contribution is -0.147. The molecule has 0 saturated carbocycles. The third-order valence-electron chi connectivity index (χ3n) is 7.17. The van der Waals surface area contributed by atoms with Crippen molar-refractivity contribution in [3.63, 3.8) is 0 Å². The summed E-state index contributed by atoms with van der Waals surface area (Å²) in [6.07, 6.45) is 4.98. The number of benzene rings is 1. The molecule has 1 unspecified atom stereocenters. The SMILES string of the molecule is COc1ccc2[nH]cc(C3CCN(C(C(=O)O)C4CCN(C(=O)OC(C)(C)C)CC4)CC3)c2c1. The van der Waals surface area contributed by atoms with Gasteiger partial charge in [0.2, 0.25) is 0 Å². The number of piperidine rings is 2. The van der Waals surface area contributed by atoms with E-state index in [1.807, 2.05) is 32.9 Å². The molecule has 186 valence electrons. The van der Waals surface area contributed by atoms with Gasteiger partial charge < -0.3 is 24.5 Å². The van der Waals surface area contributed by atoms with E-state index in [9.17, 15) is 14.7 Å². The highest BCUT2D eigenvalue weighted by Crippen LogP contribution is 2.36. The number of nitrogens with one attached hydrogen (secondary N) is 1. The van der Waals surface area contributed by atoms with Crippen LogP contribution in [0.1, 0.15) is 57.9 Å². The van der Waals surface area contributed by atoms with Crippen molar-refractivity contribution >= 4 is 23.0 Å². The Bertz CT molecular complexity index is 1010. The molecule has 1 aromatic carbocycles. The summed E-state index contributed by atoms with van der Waals surface area (Å²) in [6.45, 7) is 8.15. The zero-order valence-corrected chi connectivity index (χ0v) is 20.7. The van der Waals surface area contributed by atoms with Gasteiger partial charge in [-0.05, 0) is 95.1 Å². The number of carboxylic acids is 1. The van der Waals surface area contributed by atoms with Crippen molar-refractivity contribution in [3.05, 3.63) is 30.0 Å². The van der Waals surface area contributed by atoms with Crippen molar-refractivity contribution in [3.8, 4) is 5.75 Å². The number of carboxylic acid groups (broad SMARTS) is 1. The van der Waals surface area contributed by atoms with Crippen molar-refractivity contribution in [2.75, 3.05) is 33.3 Å². The molecule has 34 heavy (non-hydrogen) atoms. The summed E-state index contributed by atoms with van der Waals surface area (Å²) in [5.41, 5.74) is 1.85. The standard InChI is InChI=1S/C26H37N3O5/c1-26(2,3)34-25(32)29-13-9-18(10-14-29)23(24(30)31)28-11-7-17(8-12-28)21-16-27-22-6-5-19(33-4)15-20(21)22/h5-6,15-18,23,27H,7-14H2,1-4H3,(H,30,31). The molecule has 0 radical (unpaired) electrons. The van der Waals surface area contributed by atoms with Crippen LogP contribution in [-0.2, 0) is 9.53 Å². The van der Waals surface area contributed by atoms with Crippen molar-refractivity contribution in [2.24, 2.45) is 5.92 Å². The Labute approximate surface area is 201 Å². The molecular weight excluding hydrogens is 434 g/mol. The van der Waals surface area contributed by atoms with Crippen molar-refractivity contribution in [1.82, 2.24) is 14.8 Å². The van der Waals surface area contributed by atoms with Crippen molar-refractivity contribution < 1.29 is 24.2 Å². The van der Waals surface area contributed by atoms with Crippen LogP contribution in [0.15, 0.2) is 24.4 Å². The molecule has 8 nitrogen and oxygen atoms in total. The molecule has 2 aliphatic rings. The normalized spacial score (nSPS) is 19.8. The number of methoxy groups -OCH3 is 1. The topological polar surface area (TPSA) is 95.1 Å². The first kappa shape index (κ1) is 24.4. The number of amides is 1. The van der Waals surface area contributed by atoms with E-state index in [0.717, 1.165) is 37.2 Å². The number of aromatic nitrogens is 1. The maximum absolute atomic E-state index is 12.4. The molecule has 2 aromatic rings. The minimum absolute atomic E-state index is 0.0325. The fourth-order valence-corrected chi connectivity index (χ4v) is 5.45. The van der Waals surface area contributed by atoms with Gasteiger partial charge in [0, 0.05) is 30.2 Å². The van der Waals surface area contributed by atoms with Gasteiger partial charge in [0.05, 0.1) is 7.11 Å². The van der Waals surface area contributed by atoms with Crippen LogP contribution in [0.5, 0.6) is 5.75 Å². The molecule has 3 heterocycles. The number of H-pyrrole nitrogens is 1. The molecule has 1 aromatic heterocycles. The Morgan fingerprint density at radius 1 is 1.09 bits per heavy atom. The van der Waals surface area contributed by atoms with Gasteiger partial charge in [0.25, 0.3) is 0 Å². The minimum Gasteiger partial charge on any atom is -0.497 e. The van der Waals surface area contributed by atoms with Gasteiger partial charge in [-0.25, -0.2) is 4.79 Å². The summed E-state index contributed by atoms with van der Waals surface area (Å²) in [5, 5.41) is 11.3. The fourth-order valence-electron chi connectivity index (χ4n) is 5.45. The number of likely N-dealkylation sites (tertiary alicyclic amines) is 2. The van der Waals surface area contributed by atoms with Crippen LogP contribution in [0.4, 0.5) is 4.79 Å². The number of aliphatic carboxylic acids is 1. The van der Waals surface area contributed by atoms with Crippen LogP contribution in [0.25, 0.3) is 10.9 Å². The largest absolute Gasteiger partial charge is 0.497 e. The Morgan fingerprint density at radius 2 is 1.76 bits per heavy atom. The number of fused-ring (bicyclic) bond motifs is 1. The predicted molar refractivity (Wildman–Crippen MR) is 130 cm³/mol. The van der Waals surface area contributed by atoms with E-state index in [-0.39, 0.29) is 12.0 Å². The molecule has 2 aliphatic heterocycles. The molecule has 1 atom stereocenters. The highest BCUT2D eigenvalue weighted by Gasteiger charge is 2.39. The summed E-state index contributed by atoms with van der Waals surface area (Å²) in [6, 6.07) is 5.56. The zero-order valence-electron chi connectivity index (χ0n) is 20.7. The number of hydrogen-bond donors (Lipinski definition) is 2. The number of aromatic amines is 1. The fraction of sp³-hybridized carbons (Fsp3) is 0.615. The molecule has 8 heteroatoms. The smallest absolute Gasteiger partial charge is 0.410 e. The number of nitrogens with zero attached hydrogens (tertiary/aromatic N) is 2. The lowest BCUT2D eigenvalue weighted by Gasteiger charge is -2.42. The third-order valence-corrected chi connectivity index (χ3v) is 7.17. The molecule has 0 bridgehead atoms. The number of hydrogen-bond acceptors (Lipinski definition) is 5. The van der Waals surface area contributed by atoms with Crippen molar-refractivity contribution in [1.29, 1.82) is 0 Å². The van der Waals surface area contributed by atoms with Crippen molar-refractivity contribution in [2.45, 2.75) is 64.0 Å². The number of carbonyl (C=O) groups excluding carboxylic acids is 1. The zero-order chi connectivity index (χ0) is 24.5. The maximum atomic E-state index is 12.4. The summed E-state index contributed by atoms with van der Waals surface area (Å²) >= 11 is 0. The predicted octanol–water partition coefficient (Wildman–Crippen LogP) is 4.46. The van der Waals surface area contributed by atoms with E-state index in [2.05, 4.69) is 22.1 Å². The highest BCUT2D eigenvalue weighted by molar-refractivity contribution is 5.85. The summed E-state index contributed by atoms with van der Waals surface area (Å²) in [5.74, 6) is 0.506. The molecule has 2 N–H and O–H groups in total. The average Bonchev–Trinajstić information content (AvgIpc) is 3.22. The molecule has 4 rings (SSSR count). The molecule has 2 saturated heterocycles. The highest BCUT2D eigenvalue weighted by atomic mass is 16.6. The van der Waals surface area contributed by atoms with Crippen LogP contribution in [-0.4, -0.2) is 76.9 Å². The second-order valence-electron chi connectivity index (χ2n) is 10.6. The van der Waals surface area contributed by atoms with E-state index in [1.54, 1.807) is 12.0 Å². The van der Waals surface area contributed by atoms with Gasteiger partial charge in [-0.1, -0.05) is 0 Å². The van der Waals surface area contributed by atoms with Crippen LogP contribution in [0.3, 0.4) is 0 Å². The molecule has 0 aliphatic carbocycles. The van der Waals surface area contributed by atoms with Crippen LogP contribution in [0.2, 0.25) is 0 Å². The molecule has 2 fully saturated rings. The van der Waals surface area contributed by atoms with Gasteiger partial charge >= 0.3 is 12.1 Å². The molecular formula is C26H37N3O5. The van der Waals surface area contributed by atoms with Gasteiger partial charge in [0.15, 0.2) is 0 Å². The lowest BCUT2D eigenvalue weighted by atomic mass is 9.84. The van der Waals surface area contributed by atoms with E-state index in [1.165, 1.54) is 10.9 Å². The third kappa shape index (κ3) is 5.32. The Hall–Kier alpha value is -2.74. The van der Waals surface area contributed by atoms with E-state index >= 15 is 0 Å². The second-order valence-corrected chi connectivity index (χ2v) is 10.6. The number of ether oxygens (including phenoxy) is 2. The Morgan fingerprint density at radius 3 is 2.35 bits per heavy atom. The molecule has 1 amide bonds. The maximum Gasteiger partial charge on any atom is 0.410 e. The van der Waals surface area contributed by atoms with E-state index in [0.29, 0.717) is 31.8 Å². The van der Waals surface area contributed by atoms with Gasteiger partial charge in [-0.3, -0.25) is 9.69 Å². The second kappa shape index (κ2) is 9.86. The Balaban J connectivity index is 1.37. The summed E-state index contributed by atoms with van der Waals surface area (Å²) < 4.78 is 10.9. The number of carbonyl (C=O) groups is 2. The first-order valence-electron chi connectivity index (χ1n) is 12.3. The monoisotopic (exact) mass is 471 g/mol. The molecule has 0 spiro atoms. The average molecular weight is 472 g/mol. The lowest BCUT2D eigenvalue weighted by Crippen LogP contribution is -2.52. The van der Waals surface area contributed by atoms with Crippen LogP contribution in [0, 0.1) is 5.92 Å². The Kier molecular flexibility index (Phi) is 7.07. The summed E-state index contributed by atoms with van der Waals surface area (Å²) in [4.78, 5) is 31.9.